The third-order valence-electron chi connectivity index (χ3n) is 4.80. The molecule has 0 aliphatic rings. The molecule has 0 radical (unpaired) electrons. The molecule has 0 unspecified atom stereocenters. The van der Waals surface area contributed by atoms with Crippen LogP contribution in [0, 0.1) is 13.8 Å². The molecule has 0 bridgehead atoms. The van der Waals surface area contributed by atoms with E-state index in [1.807, 2.05) is 38.1 Å². The molecule has 0 spiro atoms. The van der Waals surface area contributed by atoms with Crippen molar-refractivity contribution in [3.63, 3.8) is 0 Å². The highest BCUT2D eigenvalue weighted by Crippen LogP contribution is 2.34. The minimum atomic E-state index is -4.50. The summed E-state index contributed by atoms with van der Waals surface area (Å²) in [6.45, 7) is 6.57. The molecule has 0 atom stereocenters. The maximum Gasteiger partial charge on any atom is 0.416 e. The van der Waals surface area contributed by atoms with Crippen LogP contribution in [0.4, 0.5) is 13.2 Å². The van der Waals surface area contributed by atoms with Crippen molar-refractivity contribution in [3.05, 3.63) is 76.9 Å². The smallest absolute Gasteiger partial charge is 0.357 e. The van der Waals surface area contributed by atoms with E-state index in [0.717, 1.165) is 23.1 Å². The van der Waals surface area contributed by atoms with Gasteiger partial charge in [-0.3, -0.25) is 4.98 Å². The van der Waals surface area contributed by atoms with E-state index in [9.17, 15) is 13.2 Å². The van der Waals surface area contributed by atoms with Crippen LogP contribution in [0.5, 0.6) is 0 Å². The summed E-state index contributed by atoms with van der Waals surface area (Å²) in [6.07, 6.45) is -2.10. The van der Waals surface area contributed by atoms with Gasteiger partial charge in [0.2, 0.25) is 0 Å². The van der Waals surface area contributed by atoms with Crippen LogP contribution in [-0.4, -0.2) is 33.8 Å². The van der Waals surface area contributed by atoms with Crippen LogP contribution in [0.3, 0.4) is 0 Å². The first-order valence-corrected chi connectivity index (χ1v) is 10.4. The van der Waals surface area contributed by atoms with Gasteiger partial charge in [-0.1, -0.05) is 12.1 Å². The van der Waals surface area contributed by atoms with Crippen LogP contribution in [-0.2, 0) is 19.1 Å². The number of hydrogen-bond donors (Lipinski definition) is 2. The Balaban J connectivity index is 0.00000385. The molecule has 2 aromatic heterocycles. The molecule has 33 heavy (non-hydrogen) atoms. The third kappa shape index (κ3) is 7.44. The standard InChI is InChI=1S/C23H27F3N6.HI/c1-4-27-22(29-12-10-19-7-5-6-11-28-19)30-15-18-8-9-20(14-21(18)23(24,25)26)32-17(3)13-16(2)31-32;/h5-9,11,13-14H,4,10,12,15H2,1-3H3,(H2,27,29,30);1H. The summed E-state index contributed by atoms with van der Waals surface area (Å²) in [5, 5.41) is 10.5. The third-order valence-corrected chi connectivity index (χ3v) is 4.80. The minimum absolute atomic E-state index is 0. The largest absolute Gasteiger partial charge is 0.416 e. The van der Waals surface area contributed by atoms with E-state index in [0.29, 0.717) is 31.2 Å². The molecule has 2 heterocycles. The number of benzene rings is 1. The summed E-state index contributed by atoms with van der Waals surface area (Å²) < 4.78 is 42.9. The molecule has 1 aromatic carbocycles. The fourth-order valence-electron chi connectivity index (χ4n) is 3.35. The second kappa shape index (κ2) is 12.0. The number of nitrogens with one attached hydrogen (secondary N) is 2. The van der Waals surface area contributed by atoms with Crippen molar-refractivity contribution in [3.8, 4) is 5.69 Å². The van der Waals surface area contributed by atoms with Gasteiger partial charge in [0, 0.05) is 37.1 Å². The number of guanidine groups is 1. The van der Waals surface area contributed by atoms with Crippen molar-refractivity contribution in [2.24, 2.45) is 4.99 Å². The molecule has 3 rings (SSSR count). The maximum atomic E-state index is 13.8. The van der Waals surface area contributed by atoms with E-state index in [-0.39, 0.29) is 36.1 Å². The Kier molecular flexibility index (Phi) is 9.69. The van der Waals surface area contributed by atoms with Gasteiger partial charge in [-0.2, -0.15) is 18.3 Å². The predicted molar refractivity (Wildman–Crippen MR) is 134 cm³/mol. The number of alkyl halides is 3. The molecule has 10 heteroatoms. The average molecular weight is 572 g/mol. The Morgan fingerprint density at radius 1 is 1.09 bits per heavy atom. The van der Waals surface area contributed by atoms with E-state index in [4.69, 9.17) is 0 Å². The van der Waals surface area contributed by atoms with Gasteiger partial charge >= 0.3 is 6.18 Å². The van der Waals surface area contributed by atoms with Gasteiger partial charge in [-0.25, -0.2) is 9.67 Å². The average Bonchev–Trinajstić information content (AvgIpc) is 3.10. The summed E-state index contributed by atoms with van der Waals surface area (Å²) in [4.78, 5) is 8.63. The molecule has 0 aliphatic heterocycles. The molecule has 2 N–H and O–H groups in total. The lowest BCUT2D eigenvalue weighted by Crippen LogP contribution is -2.38. The summed E-state index contributed by atoms with van der Waals surface area (Å²) in [5.74, 6) is 0.458. The number of hydrogen-bond acceptors (Lipinski definition) is 3. The Hall–Kier alpha value is -2.63. The minimum Gasteiger partial charge on any atom is -0.357 e. The Bertz CT molecular complexity index is 1060. The number of rotatable bonds is 7. The first-order chi connectivity index (χ1) is 15.3. The summed E-state index contributed by atoms with van der Waals surface area (Å²) in [6, 6.07) is 11.7. The van der Waals surface area contributed by atoms with Crippen molar-refractivity contribution < 1.29 is 13.2 Å². The van der Waals surface area contributed by atoms with Crippen LogP contribution in [0.15, 0.2) is 53.7 Å². The summed E-state index contributed by atoms with van der Waals surface area (Å²) >= 11 is 0. The van der Waals surface area contributed by atoms with Crippen LogP contribution in [0.1, 0.15) is 35.1 Å². The SMILES string of the molecule is CCNC(=NCc1ccc(-n2nc(C)cc2C)cc1C(F)(F)F)NCCc1ccccn1.I. The highest BCUT2D eigenvalue weighted by Gasteiger charge is 2.33. The van der Waals surface area contributed by atoms with E-state index in [1.165, 1.54) is 10.7 Å². The van der Waals surface area contributed by atoms with Crippen molar-refractivity contribution in [2.45, 2.75) is 39.9 Å². The van der Waals surface area contributed by atoms with Crippen molar-refractivity contribution in [1.82, 2.24) is 25.4 Å². The number of halogens is 4. The zero-order valence-electron chi connectivity index (χ0n) is 18.8. The Labute approximate surface area is 208 Å². The fourth-order valence-corrected chi connectivity index (χ4v) is 3.35. The van der Waals surface area contributed by atoms with Crippen LogP contribution in [0.25, 0.3) is 5.69 Å². The number of nitrogens with zero attached hydrogens (tertiary/aromatic N) is 4. The molecule has 0 aliphatic carbocycles. The molecule has 0 fully saturated rings. The van der Waals surface area contributed by atoms with Crippen LogP contribution >= 0.6 is 24.0 Å². The van der Waals surface area contributed by atoms with E-state index in [1.54, 1.807) is 19.2 Å². The lowest BCUT2D eigenvalue weighted by Gasteiger charge is -2.15. The monoisotopic (exact) mass is 572 g/mol. The zero-order chi connectivity index (χ0) is 23.1. The normalized spacial score (nSPS) is 11.8. The zero-order valence-corrected chi connectivity index (χ0v) is 21.1. The summed E-state index contributed by atoms with van der Waals surface area (Å²) in [7, 11) is 0. The van der Waals surface area contributed by atoms with Gasteiger partial charge in [-0.15, -0.1) is 24.0 Å². The second-order valence-electron chi connectivity index (χ2n) is 7.37. The van der Waals surface area contributed by atoms with Gasteiger partial charge in [0.05, 0.1) is 23.5 Å². The van der Waals surface area contributed by atoms with E-state index < -0.39 is 11.7 Å². The van der Waals surface area contributed by atoms with E-state index >= 15 is 0 Å². The van der Waals surface area contributed by atoms with Crippen molar-refractivity contribution >= 4 is 29.9 Å². The number of aliphatic imine (C=N–C) groups is 1. The molecule has 0 amide bonds. The highest BCUT2D eigenvalue weighted by atomic mass is 127. The number of aromatic nitrogens is 3. The van der Waals surface area contributed by atoms with Gasteiger partial charge in [0.1, 0.15) is 0 Å². The van der Waals surface area contributed by atoms with Gasteiger partial charge < -0.3 is 10.6 Å². The lowest BCUT2D eigenvalue weighted by atomic mass is 10.1. The van der Waals surface area contributed by atoms with Crippen LogP contribution < -0.4 is 10.6 Å². The second-order valence-corrected chi connectivity index (χ2v) is 7.37. The first kappa shape index (κ1) is 26.6. The van der Waals surface area contributed by atoms with Crippen molar-refractivity contribution in [2.75, 3.05) is 13.1 Å². The van der Waals surface area contributed by atoms with Gasteiger partial charge in [-0.05, 0) is 56.7 Å². The fraction of sp³-hybridized carbons (Fsp3) is 0.348. The first-order valence-electron chi connectivity index (χ1n) is 10.4. The number of pyridine rings is 1. The van der Waals surface area contributed by atoms with E-state index in [2.05, 4.69) is 25.7 Å². The number of aryl methyl sites for hydroxylation is 2. The molecular formula is C23H28F3IN6. The highest BCUT2D eigenvalue weighted by molar-refractivity contribution is 14.0. The summed E-state index contributed by atoms with van der Waals surface area (Å²) in [5.41, 5.74) is 2.20. The lowest BCUT2D eigenvalue weighted by molar-refractivity contribution is -0.138. The molecule has 0 saturated carbocycles. The molecule has 6 nitrogen and oxygen atoms in total. The van der Waals surface area contributed by atoms with Gasteiger partial charge in [0.15, 0.2) is 5.96 Å². The van der Waals surface area contributed by atoms with Gasteiger partial charge in [0.25, 0.3) is 0 Å². The molecule has 0 saturated heterocycles. The quantitative estimate of drug-likeness (QED) is 0.242. The maximum absolute atomic E-state index is 13.8. The predicted octanol–water partition coefficient (Wildman–Crippen LogP) is 4.82. The topological polar surface area (TPSA) is 67.1 Å². The molecular weight excluding hydrogens is 544 g/mol. The Morgan fingerprint density at radius 2 is 1.88 bits per heavy atom. The van der Waals surface area contributed by atoms with Crippen LogP contribution in [0.2, 0.25) is 0 Å². The molecule has 178 valence electrons. The van der Waals surface area contributed by atoms with Crippen molar-refractivity contribution in [1.29, 1.82) is 0 Å². The Morgan fingerprint density at radius 3 is 2.48 bits per heavy atom. The molecule has 3 aromatic rings.